The number of nitrogens with one attached hydrogen (secondary N) is 1. The summed E-state index contributed by atoms with van der Waals surface area (Å²) >= 11 is 0. The van der Waals surface area contributed by atoms with E-state index >= 15 is 0 Å². The van der Waals surface area contributed by atoms with Crippen LogP contribution in [0.2, 0.25) is 0 Å². The number of benzene rings is 1. The minimum absolute atomic E-state index is 0.252. The third kappa shape index (κ3) is 1.88. The third-order valence-electron chi connectivity index (χ3n) is 3.72. The first-order chi connectivity index (χ1) is 8.66. The SMILES string of the molecule is CC(c1[nH]nc(N)c1-c1cccc(F)c1)C1CC1. The van der Waals surface area contributed by atoms with Crippen LogP contribution < -0.4 is 5.73 Å². The Bertz CT molecular complexity index is 572. The molecule has 0 saturated heterocycles. The molecule has 1 saturated carbocycles. The quantitative estimate of drug-likeness (QED) is 0.871. The van der Waals surface area contributed by atoms with Gasteiger partial charge in [0.05, 0.1) is 0 Å². The highest BCUT2D eigenvalue weighted by molar-refractivity contribution is 5.76. The lowest BCUT2D eigenvalue weighted by Gasteiger charge is -2.11. The van der Waals surface area contributed by atoms with Crippen molar-refractivity contribution in [1.29, 1.82) is 0 Å². The number of nitrogens with zero attached hydrogens (tertiary/aromatic N) is 1. The second-order valence-corrected chi connectivity index (χ2v) is 5.03. The molecule has 1 atom stereocenters. The molecule has 3 nitrogen and oxygen atoms in total. The maximum absolute atomic E-state index is 13.3. The van der Waals surface area contributed by atoms with Crippen LogP contribution in [0, 0.1) is 11.7 Å². The number of nitrogen functional groups attached to an aromatic ring is 1. The number of aromatic amines is 1. The topological polar surface area (TPSA) is 54.7 Å². The minimum Gasteiger partial charge on any atom is -0.382 e. The molecule has 0 amide bonds. The molecule has 1 unspecified atom stereocenters. The van der Waals surface area contributed by atoms with Crippen LogP contribution >= 0.6 is 0 Å². The molecule has 1 aromatic heterocycles. The van der Waals surface area contributed by atoms with Gasteiger partial charge >= 0.3 is 0 Å². The van der Waals surface area contributed by atoms with E-state index in [1.807, 2.05) is 6.07 Å². The van der Waals surface area contributed by atoms with Crippen molar-refractivity contribution in [3.63, 3.8) is 0 Å². The van der Waals surface area contributed by atoms with Crippen molar-refractivity contribution in [2.24, 2.45) is 5.92 Å². The highest BCUT2D eigenvalue weighted by atomic mass is 19.1. The summed E-state index contributed by atoms with van der Waals surface area (Å²) in [6.07, 6.45) is 2.51. The zero-order valence-electron chi connectivity index (χ0n) is 10.3. The van der Waals surface area contributed by atoms with E-state index in [2.05, 4.69) is 17.1 Å². The number of anilines is 1. The number of nitrogens with two attached hydrogens (primary N) is 1. The molecule has 18 heavy (non-hydrogen) atoms. The summed E-state index contributed by atoms with van der Waals surface area (Å²) < 4.78 is 13.3. The Morgan fingerprint density at radius 3 is 2.89 bits per heavy atom. The van der Waals surface area contributed by atoms with Gasteiger partial charge in [0.15, 0.2) is 5.82 Å². The van der Waals surface area contributed by atoms with Gasteiger partial charge in [-0.1, -0.05) is 19.1 Å². The first-order valence-electron chi connectivity index (χ1n) is 6.26. The van der Waals surface area contributed by atoms with E-state index in [1.54, 1.807) is 6.07 Å². The number of hydrogen-bond donors (Lipinski definition) is 2. The Labute approximate surface area is 105 Å². The molecule has 0 spiro atoms. The van der Waals surface area contributed by atoms with E-state index in [0.717, 1.165) is 16.8 Å². The van der Waals surface area contributed by atoms with Crippen LogP contribution in [0.4, 0.5) is 10.2 Å². The van der Waals surface area contributed by atoms with E-state index in [-0.39, 0.29) is 5.82 Å². The fourth-order valence-corrected chi connectivity index (χ4v) is 2.48. The Kier molecular flexibility index (Phi) is 2.58. The van der Waals surface area contributed by atoms with Crippen LogP contribution in [0.15, 0.2) is 24.3 Å². The molecule has 2 aromatic rings. The molecule has 0 bridgehead atoms. The Morgan fingerprint density at radius 1 is 1.44 bits per heavy atom. The lowest BCUT2D eigenvalue weighted by molar-refractivity contribution is 0.627. The van der Waals surface area contributed by atoms with Gasteiger partial charge in [0, 0.05) is 17.2 Å². The van der Waals surface area contributed by atoms with Crippen molar-refractivity contribution < 1.29 is 4.39 Å². The van der Waals surface area contributed by atoms with Gasteiger partial charge in [-0.15, -0.1) is 0 Å². The second-order valence-electron chi connectivity index (χ2n) is 5.03. The van der Waals surface area contributed by atoms with E-state index < -0.39 is 0 Å². The minimum atomic E-state index is -0.252. The maximum Gasteiger partial charge on any atom is 0.153 e. The summed E-state index contributed by atoms with van der Waals surface area (Å²) in [4.78, 5) is 0. The summed E-state index contributed by atoms with van der Waals surface area (Å²) in [5.41, 5.74) is 8.60. The van der Waals surface area contributed by atoms with Crippen molar-refractivity contribution in [1.82, 2.24) is 10.2 Å². The largest absolute Gasteiger partial charge is 0.382 e. The van der Waals surface area contributed by atoms with E-state index in [4.69, 9.17) is 5.73 Å². The van der Waals surface area contributed by atoms with Gasteiger partial charge < -0.3 is 5.73 Å². The molecule has 1 aliphatic rings. The highest BCUT2D eigenvalue weighted by Crippen LogP contribution is 2.45. The summed E-state index contributed by atoms with van der Waals surface area (Å²) in [5, 5.41) is 7.10. The van der Waals surface area contributed by atoms with Crippen LogP contribution in [-0.4, -0.2) is 10.2 Å². The predicted octanol–water partition coefficient (Wildman–Crippen LogP) is 3.31. The van der Waals surface area contributed by atoms with E-state index in [0.29, 0.717) is 17.7 Å². The second kappa shape index (κ2) is 4.12. The van der Waals surface area contributed by atoms with E-state index in [1.165, 1.54) is 25.0 Å². The van der Waals surface area contributed by atoms with Gasteiger partial charge in [-0.3, -0.25) is 5.10 Å². The molecule has 1 aliphatic carbocycles. The lowest BCUT2D eigenvalue weighted by Crippen LogP contribution is -1.99. The molecular formula is C14H16FN3. The monoisotopic (exact) mass is 245 g/mol. The lowest BCUT2D eigenvalue weighted by atomic mass is 9.94. The van der Waals surface area contributed by atoms with Crippen molar-refractivity contribution in [3.8, 4) is 11.1 Å². The molecule has 3 N–H and O–H groups in total. The van der Waals surface area contributed by atoms with Gasteiger partial charge in [0.25, 0.3) is 0 Å². The van der Waals surface area contributed by atoms with Crippen molar-refractivity contribution in [2.45, 2.75) is 25.7 Å². The first kappa shape index (κ1) is 11.3. The Balaban J connectivity index is 2.07. The van der Waals surface area contributed by atoms with Gasteiger partial charge in [-0.05, 0) is 36.5 Å². The number of halogens is 1. The molecule has 0 radical (unpaired) electrons. The van der Waals surface area contributed by atoms with Crippen LogP contribution in [0.5, 0.6) is 0 Å². The molecule has 1 aromatic carbocycles. The summed E-state index contributed by atoms with van der Waals surface area (Å²) in [7, 11) is 0. The van der Waals surface area contributed by atoms with Crippen LogP contribution in [0.3, 0.4) is 0 Å². The van der Waals surface area contributed by atoms with Crippen molar-refractivity contribution in [3.05, 3.63) is 35.8 Å². The molecular weight excluding hydrogens is 229 g/mol. The molecule has 94 valence electrons. The van der Waals surface area contributed by atoms with Crippen molar-refractivity contribution >= 4 is 5.82 Å². The number of aromatic nitrogens is 2. The van der Waals surface area contributed by atoms with Crippen LogP contribution in [0.25, 0.3) is 11.1 Å². The average molecular weight is 245 g/mol. The zero-order valence-corrected chi connectivity index (χ0v) is 10.3. The molecule has 3 rings (SSSR count). The van der Waals surface area contributed by atoms with Gasteiger partial charge in [0.1, 0.15) is 5.82 Å². The Morgan fingerprint density at radius 2 is 2.22 bits per heavy atom. The normalized spacial score (nSPS) is 16.8. The molecule has 1 heterocycles. The number of H-pyrrole nitrogens is 1. The zero-order chi connectivity index (χ0) is 12.7. The van der Waals surface area contributed by atoms with Gasteiger partial charge in [-0.2, -0.15) is 5.10 Å². The standard InChI is InChI=1S/C14H16FN3/c1-8(9-5-6-9)13-12(14(16)18-17-13)10-3-2-4-11(15)7-10/h2-4,7-9H,5-6H2,1H3,(H3,16,17,18). The molecule has 0 aliphatic heterocycles. The van der Waals surface area contributed by atoms with E-state index in [9.17, 15) is 4.39 Å². The fourth-order valence-electron chi connectivity index (χ4n) is 2.48. The van der Waals surface area contributed by atoms with Gasteiger partial charge in [0.2, 0.25) is 0 Å². The Hall–Kier alpha value is -1.84. The number of rotatable bonds is 3. The third-order valence-corrected chi connectivity index (χ3v) is 3.72. The maximum atomic E-state index is 13.3. The smallest absolute Gasteiger partial charge is 0.153 e. The van der Waals surface area contributed by atoms with Crippen LogP contribution in [0.1, 0.15) is 31.4 Å². The molecule has 1 fully saturated rings. The highest BCUT2D eigenvalue weighted by Gasteiger charge is 2.32. The first-order valence-corrected chi connectivity index (χ1v) is 6.26. The fraction of sp³-hybridized carbons (Fsp3) is 0.357. The number of hydrogen-bond acceptors (Lipinski definition) is 2. The van der Waals surface area contributed by atoms with Gasteiger partial charge in [-0.25, -0.2) is 4.39 Å². The van der Waals surface area contributed by atoms with Crippen LogP contribution in [-0.2, 0) is 0 Å². The molecule has 4 heteroatoms. The summed E-state index contributed by atoms with van der Waals surface area (Å²) in [6.45, 7) is 2.17. The predicted molar refractivity (Wildman–Crippen MR) is 69.5 cm³/mol. The average Bonchev–Trinajstić information content (AvgIpc) is 3.12. The van der Waals surface area contributed by atoms with Crippen molar-refractivity contribution in [2.75, 3.05) is 5.73 Å². The summed E-state index contributed by atoms with van der Waals surface area (Å²) in [6, 6.07) is 6.50. The summed E-state index contributed by atoms with van der Waals surface area (Å²) in [5.74, 6) is 1.30.